The summed E-state index contributed by atoms with van der Waals surface area (Å²) in [6, 6.07) is 13.6. The smallest absolute Gasteiger partial charge is 0.306 e. The molecule has 4 heteroatoms. The fourth-order valence-electron chi connectivity index (χ4n) is 4.57. The van der Waals surface area contributed by atoms with Crippen molar-refractivity contribution in [2.45, 2.75) is 32.1 Å². The topological polar surface area (TPSA) is 55.4 Å². The van der Waals surface area contributed by atoms with E-state index in [4.69, 9.17) is 4.74 Å². The van der Waals surface area contributed by atoms with E-state index in [0.717, 1.165) is 28.8 Å². The third kappa shape index (κ3) is 3.53. The standard InChI is InChI=1S/C21H23NO3/c23-20(22-19-7-3-5-15-4-1-2-6-18(15)19)13-25-21(24)12-17-11-14-8-9-16(17)10-14/h1-7,14,16-17H,8-13H2,(H,22,23)/t14-,16+,17-/m1/s1. The Hall–Kier alpha value is -2.36. The number of benzene rings is 2. The van der Waals surface area contributed by atoms with Crippen molar-refractivity contribution in [2.24, 2.45) is 17.8 Å². The van der Waals surface area contributed by atoms with Gasteiger partial charge in [-0.15, -0.1) is 0 Å². The van der Waals surface area contributed by atoms with Crippen molar-refractivity contribution < 1.29 is 14.3 Å². The first-order valence-electron chi connectivity index (χ1n) is 9.12. The molecule has 0 spiro atoms. The first-order valence-corrected chi connectivity index (χ1v) is 9.12. The molecule has 2 aliphatic rings. The minimum atomic E-state index is -0.294. The molecule has 0 radical (unpaired) electrons. The van der Waals surface area contributed by atoms with Crippen molar-refractivity contribution in [2.75, 3.05) is 11.9 Å². The SMILES string of the molecule is O=C(COC(=O)C[C@H]1C[C@@H]2CC[C@H]1C2)Nc1cccc2ccccc12. The molecule has 2 aliphatic carbocycles. The maximum atomic E-state index is 12.1. The number of ether oxygens (including phenoxy) is 1. The lowest BCUT2D eigenvalue weighted by Crippen LogP contribution is -2.23. The Labute approximate surface area is 147 Å². The molecule has 0 saturated heterocycles. The predicted octanol–water partition coefficient (Wildman–Crippen LogP) is 4.15. The van der Waals surface area contributed by atoms with Gasteiger partial charge < -0.3 is 10.1 Å². The average Bonchev–Trinajstić information content (AvgIpc) is 3.23. The molecule has 4 nitrogen and oxygen atoms in total. The third-order valence-corrected chi connectivity index (χ3v) is 5.74. The Morgan fingerprint density at radius 1 is 1.04 bits per heavy atom. The number of anilines is 1. The third-order valence-electron chi connectivity index (χ3n) is 5.74. The van der Waals surface area contributed by atoms with E-state index in [1.165, 1.54) is 19.3 Å². The molecule has 2 aromatic carbocycles. The van der Waals surface area contributed by atoms with E-state index in [0.29, 0.717) is 18.3 Å². The van der Waals surface area contributed by atoms with Crippen molar-refractivity contribution in [1.29, 1.82) is 0 Å². The quantitative estimate of drug-likeness (QED) is 0.834. The predicted molar refractivity (Wildman–Crippen MR) is 97.1 cm³/mol. The van der Waals surface area contributed by atoms with Gasteiger partial charge in [0.05, 0.1) is 0 Å². The van der Waals surface area contributed by atoms with Crippen molar-refractivity contribution in [3.8, 4) is 0 Å². The number of esters is 1. The highest BCUT2D eigenvalue weighted by Gasteiger charge is 2.40. The van der Waals surface area contributed by atoms with Gasteiger partial charge in [-0.25, -0.2) is 0 Å². The highest BCUT2D eigenvalue weighted by Crippen LogP contribution is 2.49. The Morgan fingerprint density at radius 2 is 1.88 bits per heavy atom. The summed E-state index contributed by atoms with van der Waals surface area (Å²) in [6.07, 6.45) is 5.47. The van der Waals surface area contributed by atoms with E-state index >= 15 is 0 Å². The summed E-state index contributed by atoms with van der Waals surface area (Å²) in [4.78, 5) is 24.2. The average molecular weight is 337 g/mol. The number of amides is 1. The van der Waals surface area contributed by atoms with Crippen LogP contribution < -0.4 is 5.32 Å². The zero-order chi connectivity index (χ0) is 17.2. The summed E-state index contributed by atoms with van der Waals surface area (Å²) < 4.78 is 5.21. The van der Waals surface area contributed by atoms with Gasteiger partial charge in [-0.2, -0.15) is 0 Å². The molecule has 25 heavy (non-hydrogen) atoms. The highest BCUT2D eigenvalue weighted by molar-refractivity contribution is 6.02. The van der Waals surface area contributed by atoms with Crippen LogP contribution in [-0.2, 0) is 14.3 Å². The molecule has 1 N–H and O–H groups in total. The van der Waals surface area contributed by atoms with Gasteiger partial charge in [0.15, 0.2) is 6.61 Å². The molecule has 2 aromatic rings. The lowest BCUT2D eigenvalue weighted by atomic mass is 9.86. The van der Waals surface area contributed by atoms with E-state index in [2.05, 4.69) is 5.32 Å². The summed E-state index contributed by atoms with van der Waals surface area (Å²) in [5, 5.41) is 4.89. The monoisotopic (exact) mass is 337 g/mol. The van der Waals surface area contributed by atoms with E-state index in [1.807, 2.05) is 42.5 Å². The van der Waals surface area contributed by atoms with Crippen LogP contribution in [-0.4, -0.2) is 18.5 Å². The lowest BCUT2D eigenvalue weighted by molar-refractivity contribution is -0.148. The summed E-state index contributed by atoms with van der Waals surface area (Å²) in [5.74, 6) is 1.44. The first kappa shape index (κ1) is 16.1. The minimum absolute atomic E-state index is 0.219. The fraction of sp³-hybridized carbons (Fsp3) is 0.429. The number of nitrogens with one attached hydrogen (secondary N) is 1. The largest absolute Gasteiger partial charge is 0.456 e. The van der Waals surface area contributed by atoms with E-state index < -0.39 is 0 Å². The summed E-state index contributed by atoms with van der Waals surface area (Å²) in [7, 11) is 0. The molecule has 3 atom stereocenters. The van der Waals surface area contributed by atoms with Crippen molar-refractivity contribution in [1.82, 2.24) is 0 Å². The van der Waals surface area contributed by atoms with Crippen LogP contribution in [0.2, 0.25) is 0 Å². The van der Waals surface area contributed by atoms with Crippen LogP contribution in [0.25, 0.3) is 10.8 Å². The van der Waals surface area contributed by atoms with Crippen LogP contribution in [0.3, 0.4) is 0 Å². The van der Waals surface area contributed by atoms with Crippen LogP contribution in [0.15, 0.2) is 42.5 Å². The molecule has 130 valence electrons. The number of hydrogen-bond donors (Lipinski definition) is 1. The molecular formula is C21H23NO3. The van der Waals surface area contributed by atoms with Crippen molar-refractivity contribution in [3.63, 3.8) is 0 Å². The zero-order valence-corrected chi connectivity index (χ0v) is 14.2. The van der Waals surface area contributed by atoms with Crippen LogP contribution in [0.1, 0.15) is 32.1 Å². The van der Waals surface area contributed by atoms with Gasteiger partial charge in [0.2, 0.25) is 0 Å². The van der Waals surface area contributed by atoms with Gasteiger partial charge in [-0.05, 0) is 48.5 Å². The van der Waals surface area contributed by atoms with Crippen molar-refractivity contribution >= 4 is 28.3 Å². The van der Waals surface area contributed by atoms with Gasteiger partial charge >= 0.3 is 5.97 Å². The second kappa shape index (κ2) is 6.87. The number of fused-ring (bicyclic) bond motifs is 3. The Kier molecular flexibility index (Phi) is 4.43. The van der Waals surface area contributed by atoms with Crippen LogP contribution in [0.4, 0.5) is 5.69 Å². The minimum Gasteiger partial charge on any atom is -0.456 e. The van der Waals surface area contributed by atoms with Gasteiger partial charge in [0.1, 0.15) is 0 Å². The van der Waals surface area contributed by atoms with Crippen LogP contribution in [0.5, 0.6) is 0 Å². The first-order chi connectivity index (χ1) is 12.2. The summed E-state index contributed by atoms with van der Waals surface area (Å²) >= 11 is 0. The summed E-state index contributed by atoms with van der Waals surface area (Å²) in [5.41, 5.74) is 0.743. The molecule has 1 amide bonds. The molecule has 0 heterocycles. The summed E-state index contributed by atoms with van der Waals surface area (Å²) in [6.45, 7) is -0.219. The van der Waals surface area contributed by atoms with E-state index in [1.54, 1.807) is 0 Å². The van der Waals surface area contributed by atoms with Crippen molar-refractivity contribution in [3.05, 3.63) is 42.5 Å². The van der Waals surface area contributed by atoms with Gasteiger partial charge in [0.25, 0.3) is 5.91 Å². The molecule has 0 aromatic heterocycles. The zero-order valence-electron chi connectivity index (χ0n) is 14.2. The molecular weight excluding hydrogens is 314 g/mol. The molecule has 2 bridgehead atoms. The van der Waals surface area contributed by atoms with Gasteiger partial charge in [0, 0.05) is 17.5 Å². The number of hydrogen-bond acceptors (Lipinski definition) is 3. The molecule has 2 saturated carbocycles. The lowest BCUT2D eigenvalue weighted by Gasteiger charge is -2.20. The number of carbonyl (C=O) groups excluding carboxylic acids is 2. The normalized spacial score (nSPS) is 24.4. The van der Waals surface area contributed by atoms with E-state index in [9.17, 15) is 9.59 Å². The Bertz CT molecular complexity index is 795. The fourth-order valence-corrected chi connectivity index (χ4v) is 4.57. The van der Waals surface area contributed by atoms with Crippen LogP contribution in [0, 0.1) is 17.8 Å². The maximum absolute atomic E-state index is 12.1. The van der Waals surface area contributed by atoms with Crippen LogP contribution >= 0.6 is 0 Å². The second-order valence-corrected chi connectivity index (χ2v) is 7.37. The molecule has 2 fully saturated rings. The maximum Gasteiger partial charge on any atom is 0.306 e. The highest BCUT2D eigenvalue weighted by atomic mass is 16.5. The molecule has 0 aliphatic heterocycles. The Balaban J connectivity index is 1.29. The molecule has 4 rings (SSSR count). The number of rotatable bonds is 5. The van der Waals surface area contributed by atoms with E-state index in [-0.39, 0.29) is 18.5 Å². The number of carbonyl (C=O) groups is 2. The molecule has 0 unspecified atom stereocenters. The Morgan fingerprint density at radius 3 is 2.68 bits per heavy atom. The van der Waals surface area contributed by atoms with Gasteiger partial charge in [-0.1, -0.05) is 42.8 Å². The van der Waals surface area contributed by atoms with Gasteiger partial charge in [-0.3, -0.25) is 9.59 Å². The second-order valence-electron chi connectivity index (χ2n) is 7.37.